The van der Waals surface area contributed by atoms with Crippen molar-refractivity contribution in [3.63, 3.8) is 0 Å². The SMILES string of the molecule is N#Cc1cnn2cc(-c3cnn([C@H]4CCNC4)c3)cc(Sc3ccc(-[n+]4cc(C#N)c5c(Sc6ccccc6CO)cc(-c6cnn([C@H]7CCCNC7)c6)cn54)cn3)c12. The van der Waals surface area contributed by atoms with E-state index in [9.17, 15) is 15.6 Å². The predicted molar refractivity (Wildman–Crippen MR) is 222 cm³/mol. The molecule has 0 radical (unpaired) electrons. The van der Waals surface area contributed by atoms with Gasteiger partial charge in [-0.2, -0.15) is 25.8 Å². The number of nitrogens with zero attached hydrogens (tertiary/aromatic N) is 11. The Balaban J connectivity index is 1.03. The summed E-state index contributed by atoms with van der Waals surface area (Å²) in [6, 6.07) is 21.2. The van der Waals surface area contributed by atoms with Crippen LogP contribution in [0.4, 0.5) is 0 Å². The van der Waals surface area contributed by atoms with Crippen molar-refractivity contribution in [2.75, 3.05) is 26.2 Å². The molecule has 2 saturated heterocycles. The molecule has 0 bridgehead atoms. The van der Waals surface area contributed by atoms with Gasteiger partial charge in [0, 0.05) is 74.7 Å². The summed E-state index contributed by atoms with van der Waals surface area (Å²) in [4.78, 5) is 7.53. The second-order valence-corrected chi connectivity index (χ2v) is 16.9. The van der Waals surface area contributed by atoms with Gasteiger partial charge in [-0.15, -0.1) is 4.52 Å². The normalized spacial score (nSPS) is 16.8. The lowest BCUT2D eigenvalue weighted by atomic mass is 10.1. The Bertz CT molecular complexity index is 2920. The van der Waals surface area contributed by atoms with Crippen molar-refractivity contribution >= 4 is 34.6 Å². The van der Waals surface area contributed by atoms with E-state index in [0.717, 1.165) is 104 Å². The third-order valence-electron chi connectivity index (χ3n) is 11.1. The number of aliphatic hydroxyl groups is 1. The lowest BCUT2D eigenvalue weighted by Crippen LogP contribution is -2.36. The van der Waals surface area contributed by atoms with Crippen molar-refractivity contribution in [3.05, 3.63) is 121 Å². The first kappa shape index (κ1) is 37.0. The smallest absolute Gasteiger partial charge is 0.254 e. The van der Waals surface area contributed by atoms with E-state index in [0.29, 0.717) is 22.7 Å². The number of aromatic nitrogens is 9. The molecule has 8 aromatic rings. The fraction of sp³-hybridized carbons (Fsp3) is 0.233. The average molecular weight is 817 g/mol. The largest absolute Gasteiger partial charge is 0.392 e. The second-order valence-electron chi connectivity index (χ2n) is 14.7. The highest BCUT2D eigenvalue weighted by Gasteiger charge is 2.26. The van der Waals surface area contributed by atoms with Crippen molar-refractivity contribution < 1.29 is 9.79 Å². The summed E-state index contributed by atoms with van der Waals surface area (Å²) in [5.41, 5.74) is 7.82. The second kappa shape index (κ2) is 15.8. The summed E-state index contributed by atoms with van der Waals surface area (Å²) >= 11 is 2.99. The van der Waals surface area contributed by atoms with Gasteiger partial charge in [0.05, 0.1) is 54.6 Å². The number of benzene rings is 1. The van der Waals surface area contributed by atoms with Gasteiger partial charge in [0.1, 0.15) is 34.4 Å². The molecule has 292 valence electrons. The number of hydrogen-bond acceptors (Lipinski definition) is 11. The number of hydrogen-bond donors (Lipinski definition) is 3. The summed E-state index contributed by atoms with van der Waals surface area (Å²) < 4.78 is 9.78. The van der Waals surface area contributed by atoms with Gasteiger partial charge >= 0.3 is 0 Å². The number of aliphatic hydroxyl groups excluding tert-OH is 1. The van der Waals surface area contributed by atoms with Crippen LogP contribution in [0, 0.1) is 22.7 Å². The van der Waals surface area contributed by atoms with Crippen LogP contribution in [0.2, 0.25) is 0 Å². The van der Waals surface area contributed by atoms with E-state index in [4.69, 9.17) is 10.1 Å². The molecule has 1 aromatic carbocycles. The number of pyridine rings is 3. The Labute approximate surface area is 347 Å². The van der Waals surface area contributed by atoms with Crippen LogP contribution in [-0.4, -0.2) is 70.0 Å². The van der Waals surface area contributed by atoms with Crippen LogP contribution < -0.4 is 15.3 Å². The van der Waals surface area contributed by atoms with Gasteiger partial charge < -0.3 is 15.7 Å². The van der Waals surface area contributed by atoms with Crippen LogP contribution in [0.3, 0.4) is 0 Å². The van der Waals surface area contributed by atoms with Crippen LogP contribution >= 0.6 is 23.5 Å². The molecule has 9 heterocycles. The molecule has 0 unspecified atom stereocenters. The molecule has 0 amide bonds. The molecule has 2 fully saturated rings. The van der Waals surface area contributed by atoms with E-state index in [2.05, 4.69) is 62.2 Å². The van der Waals surface area contributed by atoms with Crippen molar-refractivity contribution in [1.29, 1.82) is 10.5 Å². The summed E-state index contributed by atoms with van der Waals surface area (Å²) in [5.74, 6) is 0. The summed E-state index contributed by atoms with van der Waals surface area (Å²) in [6.45, 7) is 3.69. The Kier molecular flexibility index (Phi) is 9.93. The maximum Gasteiger partial charge on any atom is 0.254 e. The highest BCUT2D eigenvalue weighted by Crippen LogP contribution is 2.38. The van der Waals surface area contributed by atoms with E-state index in [1.807, 2.05) is 81.3 Å². The van der Waals surface area contributed by atoms with E-state index in [1.54, 1.807) is 16.9 Å². The van der Waals surface area contributed by atoms with Gasteiger partial charge in [-0.1, -0.05) is 46.4 Å². The molecule has 0 aliphatic carbocycles. The highest BCUT2D eigenvalue weighted by atomic mass is 32.2. The van der Waals surface area contributed by atoms with Gasteiger partial charge in [0.15, 0.2) is 0 Å². The minimum absolute atomic E-state index is 0.0960. The maximum absolute atomic E-state index is 10.5. The van der Waals surface area contributed by atoms with Crippen molar-refractivity contribution in [2.24, 2.45) is 0 Å². The first-order valence-electron chi connectivity index (χ1n) is 19.5. The fourth-order valence-electron chi connectivity index (χ4n) is 7.98. The first-order chi connectivity index (χ1) is 29.1. The summed E-state index contributed by atoms with van der Waals surface area (Å²) in [5, 5.41) is 52.3. The van der Waals surface area contributed by atoms with Crippen molar-refractivity contribution in [1.82, 2.24) is 49.3 Å². The first-order valence-corrected chi connectivity index (χ1v) is 21.1. The third-order valence-corrected chi connectivity index (χ3v) is 13.2. The lowest BCUT2D eigenvalue weighted by Gasteiger charge is -2.22. The monoisotopic (exact) mass is 816 g/mol. The van der Waals surface area contributed by atoms with Crippen LogP contribution in [0.25, 0.3) is 39.0 Å². The third kappa shape index (κ3) is 7.05. The molecule has 2 atom stereocenters. The number of fused-ring (bicyclic) bond motifs is 2. The summed E-state index contributed by atoms with van der Waals surface area (Å²) in [6.07, 6.45) is 20.4. The fourth-order valence-corrected chi connectivity index (χ4v) is 10.1. The lowest BCUT2D eigenvalue weighted by molar-refractivity contribution is -0.667. The maximum atomic E-state index is 10.5. The average Bonchev–Trinajstić information content (AvgIpc) is 4.14. The van der Waals surface area contributed by atoms with Gasteiger partial charge in [0.2, 0.25) is 6.20 Å². The number of piperidine rings is 1. The van der Waals surface area contributed by atoms with Gasteiger partial charge in [0.25, 0.3) is 5.69 Å². The van der Waals surface area contributed by atoms with Crippen LogP contribution in [0.1, 0.15) is 48.0 Å². The number of rotatable bonds is 10. The minimum atomic E-state index is -0.0960. The number of nitriles is 2. The van der Waals surface area contributed by atoms with Crippen LogP contribution in [0.15, 0.2) is 124 Å². The molecule has 0 spiro atoms. The zero-order chi connectivity index (χ0) is 39.9. The Morgan fingerprint density at radius 2 is 1.46 bits per heavy atom. The van der Waals surface area contributed by atoms with Gasteiger partial charge in [-0.25, -0.2) is 9.50 Å². The Hall–Kier alpha value is -6.27. The zero-order valence-electron chi connectivity index (χ0n) is 31.8. The highest BCUT2D eigenvalue weighted by molar-refractivity contribution is 7.99. The standard InChI is InChI=1S/C43H38N13OS2/c44-14-31-16-51-54-22-29(33-17-50-53(23-33)36-9-11-47-20-36)12-39(42(31)54)59-41-8-7-37(21-48-41)55-26-32(15-45)43-40(58-38-6-2-1-4-28(38)27-57)13-30(25-56(43)55)34-18-49-52(24-34)35-5-3-10-46-19-35/h1-2,4,6-8,12-13,16-18,21-26,35-36,46-47,57H,3,5,9-11,19-20,27H2/q+1/t35-,36-/m0/s1. The molecule has 16 heteroatoms. The van der Waals surface area contributed by atoms with Gasteiger partial charge in [-0.05, 0) is 62.2 Å². The van der Waals surface area contributed by atoms with E-state index < -0.39 is 0 Å². The predicted octanol–water partition coefficient (Wildman–Crippen LogP) is 5.98. The molecule has 14 nitrogen and oxygen atoms in total. The molecular weight excluding hydrogens is 779 g/mol. The van der Waals surface area contributed by atoms with Crippen molar-refractivity contribution in [2.45, 2.75) is 57.7 Å². The minimum Gasteiger partial charge on any atom is -0.392 e. The van der Waals surface area contributed by atoms with E-state index in [-0.39, 0.29) is 12.6 Å². The Morgan fingerprint density at radius 1 is 0.729 bits per heavy atom. The molecular formula is C43H38N13OS2+. The quantitative estimate of drug-likeness (QED) is 0.139. The number of nitrogens with one attached hydrogen (secondary N) is 2. The molecule has 2 aliphatic heterocycles. The van der Waals surface area contributed by atoms with Crippen LogP contribution in [0.5, 0.6) is 0 Å². The zero-order valence-corrected chi connectivity index (χ0v) is 33.4. The molecule has 2 aliphatic rings. The van der Waals surface area contributed by atoms with E-state index in [1.165, 1.54) is 23.5 Å². The van der Waals surface area contributed by atoms with Crippen LogP contribution in [-0.2, 0) is 6.61 Å². The Morgan fingerprint density at radius 3 is 2.14 bits per heavy atom. The van der Waals surface area contributed by atoms with E-state index >= 15 is 0 Å². The topological polar surface area (TPSA) is 166 Å². The molecule has 7 aromatic heterocycles. The van der Waals surface area contributed by atoms with Gasteiger partial charge in [-0.3, -0.25) is 9.36 Å². The molecule has 59 heavy (non-hydrogen) atoms. The molecule has 0 saturated carbocycles. The summed E-state index contributed by atoms with van der Waals surface area (Å²) in [7, 11) is 0. The van der Waals surface area contributed by atoms with Crippen molar-refractivity contribution in [3.8, 4) is 40.1 Å². The molecule has 3 N–H and O–H groups in total. The molecule has 10 rings (SSSR count).